The van der Waals surface area contributed by atoms with E-state index in [0.29, 0.717) is 0 Å². The average molecular weight is 403 g/mol. The number of likely N-dealkylation sites (tertiary alicyclic amines) is 2. The van der Waals surface area contributed by atoms with Gasteiger partial charge < -0.3 is 5.11 Å². The number of piperidine rings is 1. The second-order valence-electron chi connectivity index (χ2n) is 8.23. The highest BCUT2D eigenvalue weighted by molar-refractivity contribution is 6.30. The number of benzene rings is 1. The lowest BCUT2D eigenvalue weighted by molar-refractivity contribution is -0.0959. The van der Waals surface area contributed by atoms with Gasteiger partial charge in [-0.25, -0.2) is 0 Å². The van der Waals surface area contributed by atoms with Crippen molar-refractivity contribution >= 4 is 11.6 Å². The third-order valence-electron chi connectivity index (χ3n) is 6.52. The Labute approximate surface area is 172 Å². The zero-order chi connectivity index (χ0) is 19.7. The fourth-order valence-electron chi connectivity index (χ4n) is 4.92. The molecule has 152 valence electrons. The normalized spacial score (nSPS) is 26.8. The second kappa shape index (κ2) is 8.15. The molecule has 1 N–H and O–H groups in total. The number of halogens is 1. The molecule has 0 amide bonds. The molecule has 0 saturated carbocycles. The maximum absolute atomic E-state index is 11.8. The standard InChI is InChI=1S/C22H31ClN4O/c1-3-19-18(21(23)25(2)24-19)15-26-14-11-22(28,17-9-5-4-6-10-17)20(16-26)27-12-7-8-13-27/h4-6,9-10,20,28H,3,7-8,11-16H2,1-2H3/t20-,22+/m1/s1. The Bertz CT molecular complexity index is 802. The van der Waals surface area contributed by atoms with Crippen molar-refractivity contribution in [1.29, 1.82) is 0 Å². The predicted molar refractivity (Wildman–Crippen MR) is 112 cm³/mol. The van der Waals surface area contributed by atoms with Crippen molar-refractivity contribution in [2.24, 2.45) is 7.05 Å². The fraction of sp³-hybridized carbons (Fsp3) is 0.591. The van der Waals surface area contributed by atoms with Gasteiger partial charge in [0, 0.05) is 32.2 Å². The van der Waals surface area contributed by atoms with E-state index < -0.39 is 5.60 Å². The van der Waals surface area contributed by atoms with Crippen LogP contribution < -0.4 is 0 Å². The van der Waals surface area contributed by atoms with Gasteiger partial charge in [0.1, 0.15) is 10.8 Å². The maximum atomic E-state index is 11.8. The topological polar surface area (TPSA) is 44.5 Å². The van der Waals surface area contributed by atoms with Gasteiger partial charge in [-0.2, -0.15) is 5.10 Å². The Hall–Kier alpha value is -1.40. The van der Waals surface area contributed by atoms with Crippen molar-refractivity contribution < 1.29 is 5.11 Å². The minimum atomic E-state index is -0.797. The van der Waals surface area contributed by atoms with Crippen LogP contribution in [0.4, 0.5) is 0 Å². The molecular weight excluding hydrogens is 372 g/mol. The molecule has 1 aromatic heterocycles. The van der Waals surface area contributed by atoms with E-state index >= 15 is 0 Å². The molecule has 2 aliphatic rings. The quantitative estimate of drug-likeness (QED) is 0.834. The molecule has 0 unspecified atom stereocenters. The van der Waals surface area contributed by atoms with Crippen LogP contribution >= 0.6 is 11.6 Å². The van der Waals surface area contributed by atoms with Gasteiger partial charge >= 0.3 is 0 Å². The first-order valence-electron chi connectivity index (χ1n) is 10.5. The van der Waals surface area contributed by atoms with Crippen molar-refractivity contribution in [2.75, 3.05) is 26.2 Å². The Morgan fingerprint density at radius 1 is 1.18 bits per heavy atom. The molecule has 0 spiro atoms. The number of aliphatic hydroxyl groups is 1. The van der Waals surface area contributed by atoms with Crippen LogP contribution in [0.25, 0.3) is 0 Å². The van der Waals surface area contributed by atoms with Crippen LogP contribution in [0.2, 0.25) is 5.15 Å². The third kappa shape index (κ3) is 3.61. The Morgan fingerprint density at radius 3 is 2.57 bits per heavy atom. The summed E-state index contributed by atoms with van der Waals surface area (Å²) >= 11 is 6.54. The van der Waals surface area contributed by atoms with Crippen molar-refractivity contribution in [3.63, 3.8) is 0 Å². The highest BCUT2D eigenvalue weighted by Crippen LogP contribution is 2.38. The first-order valence-corrected chi connectivity index (χ1v) is 10.8. The van der Waals surface area contributed by atoms with E-state index in [1.165, 1.54) is 12.8 Å². The second-order valence-corrected chi connectivity index (χ2v) is 8.59. The number of rotatable bonds is 5. The van der Waals surface area contributed by atoms with Gasteiger partial charge in [-0.05, 0) is 44.3 Å². The van der Waals surface area contributed by atoms with E-state index in [4.69, 9.17) is 11.6 Å². The number of nitrogens with zero attached hydrogens (tertiary/aromatic N) is 4. The van der Waals surface area contributed by atoms with E-state index in [2.05, 4.69) is 34.0 Å². The van der Waals surface area contributed by atoms with Crippen molar-refractivity contribution in [3.05, 3.63) is 52.3 Å². The molecular formula is C22H31ClN4O. The molecule has 0 radical (unpaired) electrons. The highest BCUT2D eigenvalue weighted by atomic mass is 35.5. The molecule has 3 heterocycles. The van der Waals surface area contributed by atoms with Crippen molar-refractivity contribution in [3.8, 4) is 0 Å². The summed E-state index contributed by atoms with van der Waals surface area (Å²) in [4.78, 5) is 4.94. The summed E-state index contributed by atoms with van der Waals surface area (Å²) in [5.41, 5.74) is 2.46. The fourth-order valence-corrected chi connectivity index (χ4v) is 5.13. The first kappa shape index (κ1) is 19.9. The zero-order valence-electron chi connectivity index (χ0n) is 16.9. The van der Waals surface area contributed by atoms with Crippen LogP contribution in [0.3, 0.4) is 0 Å². The summed E-state index contributed by atoms with van der Waals surface area (Å²) in [7, 11) is 1.91. The summed E-state index contributed by atoms with van der Waals surface area (Å²) in [6, 6.07) is 10.3. The van der Waals surface area contributed by atoms with Crippen molar-refractivity contribution in [2.45, 2.75) is 50.8 Å². The van der Waals surface area contributed by atoms with Crippen molar-refractivity contribution in [1.82, 2.24) is 19.6 Å². The zero-order valence-corrected chi connectivity index (χ0v) is 17.7. The summed E-state index contributed by atoms with van der Waals surface area (Å²) in [6.45, 7) is 6.76. The minimum Gasteiger partial charge on any atom is -0.383 e. The highest BCUT2D eigenvalue weighted by Gasteiger charge is 2.46. The Balaban J connectivity index is 1.59. The SMILES string of the molecule is CCc1nn(C)c(Cl)c1CN1CC[C@](O)(c2ccccc2)[C@H](N2CCCC2)C1. The van der Waals surface area contributed by atoms with Gasteiger partial charge in [-0.3, -0.25) is 14.5 Å². The van der Waals surface area contributed by atoms with E-state index in [9.17, 15) is 5.11 Å². The van der Waals surface area contributed by atoms with Crippen LogP contribution in [0.1, 0.15) is 43.0 Å². The largest absolute Gasteiger partial charge is 0.383 e. The number of hydrogen-bond donors (Lipinski definition) is 1. The van der Waals surface area contributed by atoms with Crippen LogP contribution in [0, 0.1) is 0 Å². The van der Waals surface area contributed by atoms with Gasteiger partial charge in [0.25, 0.3) is 0 Å². The summed E-state index contributed by atoms with van der Waals surface area (Å²) in [5, 5.41) is 17.1. The molecule has 6 heteroatoms. The molecule has 1 aromatic carbocycles. The van der Waals surface area contributed by atoms with Gasteiger partial charge in [-0.1, -0.05) is 48.9 Å². The van der Waals surface area contributed by atoms with Gasteiger partial charge in [0.15, 0.2) is 0 Å². The molecule has 2 aliphatic heterocycles. The van der Waals surface area contributed by atoms with E-state index in [1.54, 1.807) is 4.68 Å². The Kier molecular flexibility index (Phi) is 5.79. The van der Waals surface area contributed by atoms with Crippen LogP contribution in [-0.2, 0) is 25.6 Å². The lowest BCUT2D eigenvalue weighted by Gasteiger charge is -2.48. The predicted octanol–water partition coefficient (Wildman–Crippen LogP) is 3.19. The summed E-state index contributed by atoms with van der Waals surface area (Å²) < 4.78 is 1.78. The first-order chi connectivity index (χ1) is 13.5. The average Bonchev–Trinajstić information content (AvgIpc) is 3.34. The number of aryl methyl sites for hydroxylation is 2. The number of aromatic nitrogens is 2. The molecule has 2 fully saturated rings. The Morgan fingerprint density at radius 2 is 1.89 bits per heavy atom. The smallest absolute Gasteiger partial charge is 0.131 e. The molecule has 0 bridgehead atoms. The molecule has 4 rings (SSSR count). The lowest BCUT2D eigenvalue weighted by atomic mass is 9.79. The van der Waals surface area contributed by atoms with E-state index in [-0.39, 0.29) is 6.04 Å². The molecule has 2 atom stereocenters. The monoisotopic (exact) mass is 402 g/mol. The maximum Gasteiger partial charge on any atom is 0.131 e. The molecule has 28 heavy (non-hydrogen) atoms. The molecule has 0 aliphatic carbocycles. The van der Waals surface area contributed by atoms with Crippen LogP contribution in [0.5, 0.6) is 0 Å². The van der Waals surface area contributed by atoms with E-state index in [1.807, 2.05) is 25.2 Å². The van der Waals surface area contributed by atoms with Crippen LogP contribution in [0.15, 0.2) is 30.3 Å². The van der Waals surface area contributed by atoms with Crippen LogP contribution in [-0.4, -0.2) is 56.9 Å². The molecule has 2 saturated heterocycles. The molecule has 2 aromatic rings. The van der Waals surface area contributed by atoms with Gasteiger partial charge in [0.2, 0.25) is 0 Å². The minimum absolute atomic E-state index is 0.103. The number of hydrogen-bond acceptors (Lipinski definition) is 4. The van der Waals surface area contributed by atoms with Gasteiger partial charge in [0.05, 0.1) is 11.7 Å². The summed E-state index contributed by atoms with van der Waals surface area (Å²) in [6.07, 6.45) is 4.05. The van der Waals surface area contributed by atoms with Gasteiger partial charge in [-0.15, -0.1) is 0 Å². The molecule has 5 nitrogen and oxygen atoms in total. The van der Waals surface area contributed by atoms with E-state index in [0.717, 1.165) is 67.5 Å². The summed E-state index contributed by atoms with van der Waals surface area (Å²) in [5.74, 6) is 0. The third-order valence-corrected chi connectivity index (χ3v) is 6.99. The lowest BCUT2D eigenvalue weighted by Crippen LogP contribution is -2.60.